The van der Waals surface area contributed by atoms with Crippen LogP contribution in [0.4, 0.5) is 5.13 Å². The van der Waals surface area contributed by atoms with E-state index in [0.717, 1.165) is 13.0 Å². The Morgan fingerprint density at radius 2 is 2.53 bits per heavy atom. The molecule has 15 heavy (non-hydrogen) atoms. The van der Waals surface area contributed by atoms with E-state index in [1.807, 2.05) is 4.90 Å². The van der Waals surface area contributed by atoms with Crippen molar-refractivity contribution in [2.45, 2.75) is 25.3 Å². The molecule has 0 aliphatic carbocycles. The minimum atomic E-state index is -0.832. The lowest BCUT2D eigenvalue weighted by atomic mass is 10.00. The van der Waals surface area contributed by atoms with Crippen molar-refractivity contribution in [1.82, 2.24) is 4.98 Å². The Kier molecular flexibility index (Phi) is 2.60. The molecule has 82 valence electrons. The van der Waals surface area contributed by atoms with Crippen LogP contribution in [0.5, 0.6) is 0 Å². The van der Waals surface area contributed by atoms with E-state index in [0.29, 0.717) is 16.7 Å². The van der Waals surface area contributed by atoms with E-state index < -0.39 is 11.5 Å². The largest absolute Gasteiger partial charge is 0.480 e. The molecule has 1 saturated heterocycles. The van der Waals surface area contributed by atoms with Gasteiger partial charge in [0.2, 0.25) is 0 Å². The Morgan fingerprint density at radius 3 is 3.07 bits per heavy atom. The van der Waals surface area contributed by atoms with Gasteiger partial charge in [-0.15, -0.1) is 11.3 Å². The molecule has 1 fully saturated rings. The van der Waals surface area contributed by atoms with Gasteiger partial charge in [0.05, 0.1) is 0 Å². The summed E-state index contributed by atoms with van der Waals surface area (Å²) in [5.41, 5.74) is -0.832. The Hall–Kier alpha value is -0.810. The van der Waals surface area contributed by atoms with Crippen LogP contribution >= 0.6 is 22.9 Å². The molecule has 1 atom stereocenters. The van der Waals surface area contributed by atoms with Crippen molar-refractivity contribution < 1.29 is 9.90 Å². The standard InChI is InChI=1S/C9H11ClN2O2S/c1-9(7(13)14)3-2-4-12(9)8-11-6(10)5-15-8/h5H,2-4H2,1H3,(H,13,14). The van der Waals surface area contributed by atoms with E-state index in [2.05, 4.69) is 4.98 Å². The Bertz CT molecular complexity index is 395. The molecular formula is C9H11ClN2O2S. The zero-order valence-electron chi connectivity index (χ0n) is 8.23. The quantitative estimate of drug-likeness (QED) is 0.870. The minimum absolute atomic E-state index is 0.426. The van der Waals surface area contributed by atoms with Crippen molar-refractivity contribution in [2.75, 3.05) is 11.4 Å². The van der Waals surface area contributed by atoms with E-state index in [1.165, 1.54) is 11.3 Å². The molecule has 1 aromatic rings. The molecule has 4 nitrogen and oxygen atoms in total. The Balaban J connectivity index is 2.33. The van der Waals surface area contributed by atoms with Crippen molar-refractivity contribution in [3.05, 3.63) is 10.5 Å². The van der Waals surface area contributed by atoms with E-state index in [1.54, 1.807) is 12.3 Å². The predicted molar refractivity (Wildman–Crippen MR) is 59.7 cm³/mol. The fraction of sp³-hybridized carbons (Fsp3) is 0.556. The number of carbonyl (C=O) groups is 1. The summed E-state index contributed by atoms with van der Waals surface area (Å²) in [6.45, 7) is 2.46. The van der Waals surface area contributed by atoms with Crippen LogP contribution in [0.2, 0.25) is 5.15 Å². The van der Waals surface area contributed by atoms with E-state index in [9.17, 15) is 9.90 Å². The van der Waals surface area contributed by atoms with Gasteiger partial charge in [-0.1, -0.05) is 11.6 Å². The number of hydrogen-bond donors (Lipinski definition) is 1. The highest BCUT2D eigenvalue weighted by molar-refractivity contribution is 7.14. The summed E-state index contributed by atoms with van der Waals surface area (Å²) in [4.78, 5) is 17.2. The summed E-state index contributed by atoms with van der Waals surface area (Å²) in [5, 5.41) is 12.1. The third kappa shape index (κ3) is 1.70. The molecule has 0 amide bonds. The molecule has 1 unspecified atom stereocenters. The lowest BCUT2D eigenvalue weighted by molar-refractivity contribution is -0.142. The van der Waals surface area contributed by atoms with E-state index in [-0.39, 0.29) is 0 Å². The van der Waals surface area contributed by atoms with E-state index in [4.69, 9.17) is 11.6 Å². The number of halogens is 1. The number of aromatic nitrogens is 1. The second kappa shape index (κ2) is 3.64. The molecule has 1 aliphatic rings. The fourth-order valence-electron chi connectivity index (χ4n) is 1.86. The maximum atomic E-state index is 11.2. The number of rotatable bonds is 2. The average molecular weight is 247 g/mol. The summed E-state index contributed by atoms with van der Waals surface area (Å²) < 4.78 is 0. The molecule has 2 rings (SSSR count). The smallest absolute Gasteiger partial charge is 0.329 e. The van der Waals surface area contributed by atoms with Crippen molar-refractivity contribution >= 4 is 34.0 Å². The van der Waals surface area contributed by atoms with Gasteiger partial charge in [0.15, 0.2) is 5.13 Å². The van der Waals surface area contributed by atoms with Crippen molar-refractivity contribution in [3.63, 3.8) is 0 Å². The van der Waals surface area contributed by atoms with Crippen LogP contribution in [0.25, 0.3) is 0 Å². The summed E-state index contributed by atoms with van der Waals surface area (Å²) >= 11 is 7.12. The summed E-state index contributed by atoms with van der Waals surface area (Å²) in [6, 6.07) is 0. The predicted octanol–water partition coefficient (Wildman–Crippen LogP) is 2.24. The lowest BCUT2D eigenvalue weighted by Gasteiger charge is -2.30. The zero-order chi connectivity index (χ0) is 11.1. The van der Waals surface area contributed by atoms with Crippen molar-refractivity contribution in [1.29, 1.82) is 0 Å². The first kappa shape index (κ1) is 10.7. The topological polar surface area (TPSA) is 53.4 Å². The molecular weight excluding hydrogens is 236 g/mol. The summed E-state index contributed by atoms with van der Waals surface area (Å²) in [7, 11) is 0. The second-order valence-corrected chi connectivity index (χ2v) is 5.01. The highest BCUT2D eigenvalue weighted by Crippen LogP contribution is 2.36. The van der Waals surface area contributed by atoms with E-state index >= 15 is 0 Å². The van der Waals surface area contributed by atoms with Gasteiger partial charge in [0.25, 0.3) is 0 Å². The maximum absolute atomic E-state index is 11.2. The zero-order valence-corrected chi connectivity index (χ0v) is 9.81. The van der Waals surface area contributed by atoms with Crippen molar-refractivity contribution in [3.8, 4) is 0 Å². The third-order valence-electron chi connectivity index (χ3n) is 2.80. The van der Waals surface area contributed by atoms with Gasteiger partial charge in [0, 0.05) is 11.9 Å². The van der Waals surface area contributed by atoms with Crippen LogP contribution in [0, 0.1) is 0 Å². The molecule has 2 heterocycles. The molecule has 0 radical (unpaired) electrons. The minimum Gasteiger partial charge on any atom is -0.480 e. The van der Waals surface area contributed by atoms with Gasteiger partial charge in [-0.25, -0.2) is 9.78 Å². The average Bonchev–Trinajstić information content (AvgIpc) is 2.72. The maximum Gasteiger partial charge on any atom is 0.329 e. The molecule has 1 N–H and O–H groups in total. The van der Waals surface area contributed by atoms with Gasteiger partial charge < -0.3 is 10.0 Å². The van der Waals surface area contributed by atoms with Gasteiger partial charge in [-0.2, -0.15) is 0 Å². The van der Waals surface area contributed by atoms with Crippen LogP contribution in [0.3, 0.4) is 0 Å². The molecule has 0 spiro atoms. The highest BCUT2D eigenvalue weighted by atomic mass is 35.5. The van der Waals surface area contributed by atoms with Gasteiger partial charge >= 0.3 is 5.97 Å². The number of anilines is 1. The van der Waals surface area contributed by atoms with Gasteiger partial charge in [0.1, 0.15) is 10.7 Å². The molecule has 0 aromatic carbocycles. The molecule has 0 bridgehead atoms. The fourth-order valence-corrected chi connectivity index (χ4v) is 2.95. The first-order valence-corrected chi connectivity index (χ1v) is 5.92. The number of nitrogens with zero attached hydrogens (tertiary/aromatic N) is 2. The SMILES string of the molecule is CC1(C(=O)O)CCCN1c1nc(Cl)cs1. The van der Waals surface area contributed by atoms with Gasteiger partial charge in [-0.05, 0) is 19.8 Å². The lowest BCUT2D eigenvalue weighted by Crippen LogP contribution is -2.48. The first-order chi connectivity index (χ1) is 7.04. The van der Waals surface area contributed by atoms with Crippen LogP contribution in [-0.2, 0) is 4.79 Å². The molecule has 1 aliphatic heterocycles. The Morgan fingerprint density at radius 1 is 1.80 bits per heavy atom. The molecule has 6 heteroatoms. The molecule has 0 saturated carbocycles. The molecule has 1 aromatic heterocycles. The summed E-state index contributed by atoms with van der Waals surface area (Å²) in [5.74, 6) is -0.800. The van der Waals surface area contributed by atoms with Crippen LogP contribution in [0.1, 0.15) is 19.8 Å². The van der Waals surface area contributed by atoms with Gasteiger partial charge in [-0.3, -0.25) is 0 Å². The Labute approximate surface area is 96.5 Å². The van der Waals surface area contributed by atoms with Crippen LogP contribution < -0.4 is 4.90 Å². The number of carboxylic acids is 1. The summed E-state index contributed by atoms with van der Waals surface area (Å²) in [6.07, 6.45) is 1.53. The second-order valence-electron chi connectivity index (χ2n) is 3.79. The highest BCUT2D eigenvalue weighted by Gasteiger charge is 2.44. The number of hydrogen-bond acceptors (Lipinski definition) is 4. The first-order valence-electron chi connectivity index (χ1n) is 4.66. The normalized spacial score (nSPS) is 25.9. The van der Waals surface area contributed by atoms with Crippen LogP contribution in [0.15, 0.2) is 5.38 Å². The number of carboxylic acid groups (broad SMARTS) is 1. The monoisotopic (exact) mass is 246 g/mol. The van der Waals surface area contributed by atoms with Crippen LogP contribution in [-0.4, -0.2) is 28.1 Å². The number of thiazole rings is 1. The van der Waals surface area contributed by atoms with Crippen molar-refractivity contribution in [2.24, 2.45) is 0 Å². The third-order valence-corrected chi connectivity index (χ3v) is 3.98. The number of aliphatic carboxylic acids is 1.